The molecule has 0 aliphatic carbocycles. The van der Waals surface area contributed by atoms with Crippen molar-refractivity contribution >= 4 is 8.80 Å². The molecule has 35 heavy (non-hydrogen) atoms. The average molecular weight is 519 g/mol. The van der Waals surface area contributed by atoms with Crippen molar-refractivity contribution in [2.24, 2.45) is 0 Å². The molecule has 0 aliphatic heterocycles. The third-order valence-corrected chi connectivity index (χ3v) is 10.1. The molecule has 1 N–H and O–H groups in total. The van der Waals surface area contributed by atoms with Crippen molar-refractivity contribution in [2.75, 3.05) is 53.6 Å². The van der Waals surface area contributed by atoms with E-state index in [4.69, 9.17) is 13.3 Å². The quantitative estimate of drug-likeness (QED) is 0.0654. The molecule has 212 valence electrons. The molecule has 0 saturated carbocycles. The van der Waals surface area contributed by atoms with Crippen molar-refractivity contribution in [3.8, 4) is 0 Å². The van der Waals surface area contributed by atoms with Crippen LogP contribution in [-0.2, 0) is 13.3 Å². The number of quaternary nitrogens is 1. The van der Waals surface area contributed by atoms with E-state index in [0.717, 1.165) is 23.5 Å². The number of aliphatic hydroxyl groups excluding tert-OH is 1. The first-order valence-corrected chi connectivity index (χ1v) is 17.2. The van der Waals surface area contributed by atoms with Crippen LogP contribution in [0.3, 0.4) is 0 Å². The highest BCUT2D eigenvalue weighted by Crippen LogP contribution is 2.20. The van der Waals surface area contributed by atoms with Crippen LogP contribution in [0.4, 0.5) is 0 Å². The Morgan fingerprint density at radius 1 is 0.543 bits per heavy atom. The standard InChI is InChI=1S/C29H64NO4Si/c1-6-9-10-11-12-13-14-15-16-17-18-19-20-21-22-23-25-30(4,5)26-24-29-35(32-7-2,33-8-3)34-28-27-31/h31H,6-29H2,1-5H3/q+1. The second-order valence-electron chi connectivity index (χ2n) is 10.9. The van der Waals surface area contributed by atoms with Gasteiger partial charge in [-0.1, -0.05) is 96.8 Å². The van der Waals surface area contributed by atoms with Crippen LogP contribution in [0.5, 0.6) is 0 Å². The van der Waals surface area contributed by atoms with E-state index in [1.165, 1.54) is 109 Å². The Hall–Kier alpha value is 0.0169. The largest absolute Gasteiger partial charge is 0.501 e. The summed E-state index contributed by atoms with van der Waals surface area (Å²) in [7, 11) is 2.01. The Bertz CT molecular complexity index is 431. The van der Waals surface area contributed by atoms with Gasteiger partial charge in [-0.25, -0.2) is 0 Å². The van der Waals surface area contributed by atoms with Gasteiger partial charge in [0.2, 0.25) is 0 Å². The van der Waals surface area contributed by atoms with Gasteiger partial charge in [0.25, 0.3) is 0 Å². The van der Waals surface area contributed by atoms with Crippen molar-refractivity contribution in [1.82, 2.24) is 0 Å². The van der Waals surface area contributed by atoms with E-state index in [9.17, 15) is 5.11 Å². The predicted octanol–water partition coefficient (Wildman–Crippen LogP) is 7.74. The molecule has 0 spiro atoms. The molecule has 0 saturated heterocycles. The normalized spacial score (nSPS) is 12.5. The van der Waals surface area contributed by atoms with Gasteiger partial charge in [0.1, 0.15) is 0 Å². The molecule has 6 heteroatoms. The zero-order chi connectivity index (χ0) is 26.1. The number of unbranched alkanes of at least 4 members (excludes halogenated alkanes) is 15. The van der Waals surface area contributed by atoms with Gasteiger partial charge in [-0.2, -0.15) is 0 Å². The van der Waals surface area contributed by atoms with Gasteiger partial charge in [-0.15, -0.1) is 0 Å². The van der Waals surface area contributed by atoms with E-state index in [-0.39, 0.29) is 6.61 Å². The number of hydrogen-bond donors (Lipinski definition) is 1. The van der Waals surface area contributed by atoms with Crippen molar-refractivity contribution in [3.05, 3.63) is 0 Å². The van der Waals surface area contributed by atoms with Crippen LogP contribution in [0.15, 0.2) is 0 Å². The first-order valence-electron chi connectivity index (χ1n) is 15.3. The topological polar surface area (TPSA) is 47.9 Å². The summed E-state index contributed by atoms with van der Waals surface area (Å²) in [6.45, 7) is 10.1. The lowest BCUT2D eigenvalue weighted by atomic mass is 10.0. The monoisotopic (exact) mass is 518 g/mol. The van der Waals surface area contributed by atoms with E-state index in [0.29, 0.717) is 19.8 Å². The molecule has 0 aromatic carbocycles. The minimum Gasteiger partial charge on any atom is -0.394 e. The highest BCUT2D eigenvalue weighted by Gasteiger charge is 2.40. The highest BCUT2D eigenvalue weighted by molar-refractivity contribution is 6.60. The van der Waals surface area contributed by atoms with Crippen LogP contribution in [0.1, 0.15) is 130 Å². The van der Waals surface area contributed by atoms with Crippen LogP contribution < -0.4 is 0 Å². The Morgan fingerprint density at radius 3 is 1.34 bits per heavy atom. The lowest BCUT2D eigenvalue weighted by Gasteiger charge is -2.32. The van der Waals surface area contributed by atoms with Crippen LogP contribution in [0, 0.1) is 0 Å². The van der Waals surface area contributed by atoms with Crippen LogP contribution in [0.2, 0.25) is 6.04 Å². The molecule has 0 bridgehead atoms. The van der Waals surface area contributed by atoms with Gasteiger partial charge in [0.05, 0.1) is 40.4 Å². The molecule has 0 unspecified atom stereocenters. The lowest BCUT2D eigenvalue weighted by molar-refractivity contribution is -0.890. The SMILES string of the molecule is CCCCCCCCCCCCCCCCCC[N+](C)(C)CCC[Si](OCC)(OCC)OCCO. The Balaban J connectivity index is 3.74. The molecule has 0 atom stereocenters. The molecule has 0 aromatic rings. The maximum atomic E-state index is 9.17. The molecule has 0 aliphatic rings. The zero-order valence-electron chi connectivity index (χ0n) is 24.6. The number of aliphatic hydroxyl groups is 1. The molecular formula is C29H64NO4Si+. The number of nitrogens with zero attached hydrogens (tertiary/aromatic N) is 1. The molecule has 0 heterocycles. The van der Waals surface area contributed by atoms with Gasteiger partial charge in [-0.05, 0) is 26.7 Å². The van der Waals surface area contributed by atoms with Gasteiger partial charge < -0.3 is 22.9 Å². The third-order valence-electron chi connectivity index (χ3n) is 7.01. The lowest BCUT2D eigenvalue weighted by Crippen LogP contribution is -2.48. The van der Waals surface area contributed by atoms with Crippen molar-refractivity contribution in [1.29, 1.82) is 0 Å². The van der Waals surface area contributed by atoms with Crippen molar-refractivity contribution in [3.63, 3.8) is 0 Å². The molecule has 0 amide bonds. The summed E-state index contributed by atoms with van der Waals surface area (Å²) in [6, 6.07) is 0.829. The molecule has 5 nitrogen and oxygen atoms in total. The Morgan fingerprint density at radius 2 is 0.943 bits per heavy atom. The summed E-state index contributed by atoms with van der Waals surface area (Å²) in [5.74, 6) is 0. The summed E-state index contributed by atoms with van der Waals surface area (Å²) in [6.07, 6.45) is 23.7. The predicted molar refractivity (Wildman–Crippen MR) is 153 cm³/mol. The van der Waals surface area contributed by atoms with Crippen LogP contribution in [-0.4, -0.2) is 72.0 Å². The van der Waals surface area contributed by atoms with Crippen LogP contribution in [0.25, 0.3) is 0 Å². The van der Waals surface area contributed by atoms with Gasteiger partial charge in [-0.3, -0.25) is 0 Å². The summed E-state index contributed by atoms with van der Waals surface area (Å²) in [4.78, 5) is 0. The second-order valence-corrected chi connectivity index (χ2v) is 13.6. The first-order chi connectivity index (χ1) is 16.9. The minimum absolute atomic E-state index is 0.00963. The van der Waals surface area contributed by atoms with Crippen molar-refractivity contribution < 1.29 is 22.9 Å². The highest BCUT2D eigenvalue weighted by atomic mass is 28.4. The summed E-state index contributed by atoms with van der Waals surface area (Å²) < 4.78 is 18.9. The van der Waals surface area contributed by atoms with Gasteiger partial charge in [0, 0.05) is 25.7 Å². The van der Waals surface area contributed by atoms with E-state index >= 15 is 0 Å². The third kappa shape index (κ3) is 21.8. The summed E-state index contributed by atoms with van der Waals surface area (Å²) >= 11 is 0. The van der Waals surface area contributed by atoms with Crippen molar-refractivity contribution in [2.45, 2.75) is 136 Å². The van der Waals surface area contributed by atoms with Gasteiger partial charge >= 0.3 is 8.80 Å². The summed E-state index contributed by atoms with van der Waals surface area (Å²) in [5.41, 5.74) is 0. The molecule has 0 radical (unpaired) electrons. The first kappa shape index (κ1) is 35.0. The fourth-order valence-electron chi connectivity index (χ4n) is 4.91. The Kier molecular flexibility index (Phi) is 24.4. The minimum atomic E-state index is -2.66. The summed E-state index contributed by atoms with van der Waals surface area (Å²) in [5, 5.41) is 9.17. The smallest absolute Gasteiger partial charge is 0.394 e. The van der Waals surface area contributed by atoms with E-state index in [2.05, 4.69) is 21.0 Å². The molecular weight excluding hydrogens is 454 g/mol. The van der Waals surface area contributed by atoms with Crippen LogP contribution >= 0.6 is 0 Å². The van der Waals surface area contributed by atoms with E-state index < -0.39 is 8.80 Å². The Labute approximate surface area is 221 Å². The van der Waals surface area contributed by atoms with E-state index in [1.807, 2.05) is 13.8 Å². The van der Waals surface area contributed by atoms with E-state index in [1.54, 1.807) is 0 Å². The maximum Gasteiger partial charge on any atom is 0.501 e. The molecule has 0 fully saturated rings. The molecule has 0 rings (SSSR count). The maximum absolute atomic E-state index is 9.17. The number of rotatable bonds is 28. The average Bonchev–Trinajstić information content (AvgIpc) is 2.82. The second kappa shape index (κ2) is 24.4. The zero-order valence-corrected chi connectivity index (χ0v) is 25.6. The van der Waals surface area contributed by atoms with Gasteiger partial charge in [0.15, 0.2) is 0 Å². The fraction of sp³-hybridized carbons (Fsp3) is 1.00. The number of hydrogen-bond acceptors (Lipinski definition) is 4. The fourth-order valence-corrected chi connectivity index (χ4v) is 7.46. The molecule has 0 aromatic heterocycles.